The number of sulfonamides is 1. The first-order valence-electron chi connectivity index (χ1n) is 5.34. The number of hydrogen-bond acceptors (Lipinski definition) is 5. The Morgan fingerprint density at radius 3 is 2.78 bits per heavy atom. The molecule has 0 aliphatic rings. The molecule has 0 aromatic carbocycles. The molecule has 0 amide bonds. The molecular weight excluding hydrogens is 258 g/mol. The predicted octanol–water partition coefficient (Wildman–Crippen LogP) is -0.312. The molecule has 0 aliphatic heterocycles. The van der Waals surface area contributed by atoms with E-state index in [-0.39, 0.29) is 23.2 Å². The molecule has 1 heterocycles. The van der Waals surface area contributed by atoms with E-state index in [4.69, 9.17) is 0 Å². The van der Waals surface area contributed by atoms with Crippen LogP contribution in [-0.4, -0.2) is 46.1 Å². The summed E-state index contributed by atoms with van der Waals surface area (Å²) in [4.78, 5) is 13.7. The molecule has 8 heteroatoms. The van der Waals surface area contributed by atoms with E-state index in [0.717, 1.165) is 0 Å². The van der Waals surface area contributed by atoms with Crippen molar-refractivity contribution in [3.8, 4) is 0 Å². The summed E-state index contributed by atoms with van der Waals surface area (Å²) in [6.07, 6.45) is 1.25. The fourth-order valence-corrected chi connectivity index (χ4v) is 2.30. The molecule has 0 aliphatic carbocycles. The molecule has 3 N–H and O–H groups in total. The van der Waals surface area contributed by atoms with Crippen molar-refractivity contribution >= 4 is 16.0 Å². The van der Waals surface area contributed by atoms with Crippen molar-refractivity contribution in [2.24, 2.45) is 0 Å². The number of nitrogens with one attached hydrogen (secondary N) is 3. The molecule has 0 bridgehead atoms. The number of carbonyl (C=O) groups is 1. The van der Waals surface area contributed by atoms with Gasteiger partial charge in [-0.25, -0.2) is 17.9 Å². The van der Waals surface area contributed by atoms with Gasteiger partial charge in [-0.15, -0.1) is 0 Å². The standard InChI is InChI=1S/C10H17N3O4S/c1-7(11-2)5-13-18(15,16)8-4-9(12-6-8)10(14)17-3/h4,6-7,11-13H,5H2,1-3H3. The Morgan fingerprint density at radius 1 is 1.56 bits per heavy atom. The fourth-order valence-electron chi connectivity index (χ4n) is 1.18. The number of ether oxygens (including phenoxy) is 1. The van der Waals surface area contributed by atoms with Gasteiger partial charge in [-0.05, 0) is 20.0 Å². The zero-order chi connectivity index (χ0) is 13.8. The second kappa shape index (κ2) is 5.98. The minimum atomic E-state index is -3.62. The van der Waals surface area contributed by atoms with Gasteiger partial charge in [0.1, 0.15) is 10.6 Å². The molecule has 0 saturated heterocycles. The van der Waals surface area contributed by atoms with Crippen molar-refractivity contribution < 1.29 is 17.9 Å². The van der Waals surface area contributed by atoms with Crippen LogP contribution in [0, 0.1) is 0 Å². The number of methoxy groups -OCH3 is 1. The van der Waals surface area contributed by atoms with Crippen LogP contribution in [0.5, 0.6) is 0 Å². The van der Waals surface area contributed by atoms with Crippen LogP contribution >= 0.6 is 0 Å². The molecule has 7 nitrogen and oxygen atoms in total. The number of carbonyl (C=O) groups excluding carboxylic acids is 1. The highest BCUT2D eigenvalue weighted by atomic mass is 32.2. The lowest BCUT2D eigenvalue weighted by atomic mass is 10.4. The molecule has 0 spiro atoms. The Bertz CT molecular complexity index is 509. The molecule has 18 heavy (non-hydrogen) atoms. The van der Waals surface area contributed by atoms with Crippen molar-refractivity contribution in [3.05, 3.63) is 18.0 Å². The van der Waals surface area contributed by atoms with Crippen molar-refractivity contribution in [1.29, 1.82) is 0 Å². The van der Waals surface area contributed by atoms with Crippen LogP contribution in [0.4, 0.5) is 0 Å². The minimum absolute atomic E-state index is 0.00574. The molecule has 1 atom stereocenters. The summed E-state index contributed by atoms with van der Waals surface area (Å²) in [5.41, 5.74) is 0.0968. The van der Waals surface area contributed by atoms with Gasteiger partial charge in [-0.1, -0.05) is 0 Å². The van der Waals surface area contributed by atoms with E-state index in [9.17, 15) is 13.2 Å². The van der Waals surface area contributed by atoms with Gasteiger partial charge in [0.25, 0.3) is 0 Å². The van der Waals surface area contributed by atoms with Gasteiger partial charge in [0, 0.05) is 18.8 Å². The first-order valence-corrected chi connectivity index (χ1v) is 6.82. The van der Waals surface area contributed by atoms with Gasteiger partial charge >= 0.3 is 5.97 Å². The minimum Gasteiger partial charge on any atom is -0.464 e. The summed E-state index contributed by atoms with van der Waals surface area (Å²) in [7, 11) is -0.648. The monoisotopic (exact) mass is 275 g/mol. The number of aromatic amines is 1. The second-order valence-electron chi connectivity index (χ2n) is 3.78. The number of hydrogen-bond donors (Lipinski definition) is 3. The van der Waals surface area contributed by atoms with Crippen molar-refractivity contribution in [3.63, 3.8) is 0 Å². The molecule has 1 rings (SSSR count). The van der Waals surface area contributed by atoms with Gasteiger partial charge in [-0.2, -0.15) is 0 Å². The highest BCUT2D eigenvalue weighted by Crippen LogP contribution is 2.11. The zero-order valence-electron chi connectivity index (χ0n) is 10.5. The van der Waals surface area contributed by atoms with E-state index in [1.54, 1.807) is 7.05 Å². The van der Waals surface area contributed by atoms with E-state index in [1.165, 1.54) is 19.4 Å². The Balaban J connectivity index is 2.79. The third kappa shape index (κ3) is 3.56. The maximum atomic E-state index is 11.9. The lowest BCUT2D eigenvalue weighted by Gasteiger charge is -2.10. The number of H-pyrrole nitrogens is 1. The van der Waals surface area contributed by atoms with E-state index in [1.807, 2.05) is 6.92 Å². The number of esters is 1. The molecule has 0 saturated carbocycles. The summed E-state index contributed by atoms with van der Waals surface area (Å²) in [6.45, 7) is 2.11. The Kier molecular flexibility index (Phi) is 4.88. The Morgan fingerprint density at radius 2 is 2.22 bits per heavy atom. The summed E-state index contributed by atoms with van der Waals surface area (Å²) in [6, 6.07) is 1.25. The van der Waals surface area contributed by atoms with Crippen LogP contribution in [0.2, 0.25) is 0 Å². The van der Waals surface area contributed by atoms with Crippen molar-refractivity contribution in [1.82, 2.24) is 15.0 Å². The molecular formula is C10H17N3O4S. The predicted molar refractivity (Wildman–Crippen MR) is 65.8 cm³/mol. The van der Waals surface area contributed by atoms with E-state index >= 15 is 0 Å². The first kappa shape index (κ1) is 14.7. The second-order valence-corrected chi connectivity index (χ2v) is 5.55. The van der Waals surface area contributed by atoms with Gasteiger partial charge in [-0.3, -0.25) is 0 Å². The number of rotatable bonds is 6. The molecule has 1 unspecified atom stereocenters. The van der Waals surface area contributed by atoms with Gasteiger partial charge < -0.3 is 15.0 Å². The smallest absolute Gasteiger partial charge is 0.354 e. The summed E-state index contributed by atoms with van der Waals surface area (Å²) in [5, 5.41) is 2.91. The third-order valence-corrected chi connectivity index (χ3v) is 3.85. The molecule has 0 radical (unpaired) electrons. The van der Waals surface area contributed by atoms with E-state index in [2.05, 4.69) is 19.8 Å². The van der Waals surface area contributed by atoms with Crippen LogP contribution in [0.15, 0.2) is 17.2 Å². The quantitative estimate of drug-likeness (QED) is 0.618. The highest BCUT2D eigenvalue weighted by Gasteiger charge is 2.18. The lowest BCUT2D eigenvalue weighted by Crippen LogP contribution is -2.37. The Labute approximate surface area is 106 Å². The van der Waals surface area contributed by atoms with Crippen molar-refractivity contribution in [2.75, 3.05) is 20.7 Å². The van der Waals surface area contributed by atoms with Crippen LogP contribution < -0.4 is 10.0 Å². The van der Waals surface area contributed by atoms with Crippen LogP contribution in [-0.2, 0) is 14.8 Å². The fraction of sp³-hybridized carbons (Fsp3) is 0.500. The van der Waals surface area contributed by atoms with Gasteiger partial charge in [0.15, 0.2) is 0 Å². The highest BCUT2D eigenvalue weighted by molar-refractivity contribution is 7.89. The first-order chi connectivity index (χ1) is 8.40. The largest absolute Gasteiger partial charge is 0.464 e. The lowest BCUT2D eigenvalue weighted by molar-refractivity contribution is 0.0595. The topological polar surface area (TPSA) is 100 Å². The summed E-state index contributed by atoms with van der Waals surface area (Å²) >= 11 is 0. The van der Waals surface area contributed by atoms with E-state index < -0.39 is 16.0 Å². The van der Waals surface area contributed by atoms with Gasteiger partial charge in [0.2, 0.25) is 10.0 Å². The average Bonchev–Trinajstić information content (AvgIpc) is 2.85. The molecule has 1 aromatic heterocycles. The average molecular weight is 275 g/mol. The maximum Gasteiger partial charge on any atom is 0.354 e. The van der Waals surface area contributed by atoms with Crippen molar-refractivity contribution in [2.45, 2.75) is 17.9 Å². The zero-order valence-corrected chi connectivity index (χ0v) is 11.3. The SMILES string of the molecule is CNC(C)CNS(=O)(=O)c1c[nH]c(C(=O)OC)c1. The van der Waals surface area contributed by atoms with Crippen LogP contribution in [0.25, 0.3) is 0 Å². The van der Waals surface area contributed by atoms with Crippen LogP contribution in [0.3, 0.4) is 0 Å². The molecule has 102 valence electrons. The summed E-state index contributed by atoms with van der Waals surface area (Å²) in [5.74, 6) is -0.611. The summed E-state index contributed by atoms with van der Waals surface area (Å²) < 4.78 is 30.6. The van der Waals surface area contributed by atoms with Crippen LogP contribution in [0.1, 0.15) is 17.4 Å². The molecule has 1 aromatic rings. The maximum absolute atomic E-state index is 11.9. The number of aromatic nitrogens is 1. The van der Waals surface area contributed by atoms with Gasteiger partial charge in [0.05, 0.1) is 7.11 Å². The third-order valence-electron chi connectivity index (χ3n) is 2.44. The normalized spacial score (nSPS) is 13.3. The molecule has 0 fully saturated rings. The Hall–Kier alpha value is -1.38. The van der Waals surface area contributed by atoms with E-state index in [0.29, 0.717) is 0 Å². The number of likely N-dealkylation sites (N-methyl/N-ethyl adjacent to an activating group) is 1.